The summed E-state index contributed by atoms with van der Waals surface area (Å²) < 4.78 is 5.82. The minimum Gasteiger partial charge on any atom is -0.466 e. The van der Waals surface area contributed by atoms with Gasteiger partial charge in [-0.25, -0.2) is 9.59 Å². The van der Waals surface area contributed by atoms with Gasteiger partial charge in [0.05, 0.1) is 12.6 Å². The number of anilines is 1. The molecule has 0 radical (unpaired) electrons. The van der Waals surface area contributed by atoms with Crippen molar-refractivity contribution >= 4 is 34.5 Å². The Morgan fingerprint density at radius 2 is 1.85 bits per heavy atom. The van der Waals surface area contributed by atoms with Crippen molar-refractivity contribution < 1.29 is 19.1 Å². The van der Waals surface area contributed by atoms with Gasteiger partial charge in [0.15, 0.2) is 0 Å². The first-order chi connectivity index (χ1) is 13.0. The number of methoxy groups -OCH3 is 1. The third kappa shape index (κ3) is 3.87. The van der Waals surface area contributed by atoms with E-state index in [9.17, 15) is 14.4 Å². The second-order valence-electron chi connectivity index (χ2n) is 5.69. The van der Waals surface area contributed by atoms with Gasteiger partial charge in [-0.2, -0.15) is 0 Å². The lowest BCUT2D eigenvalue weighted by molar-refractivity contribution is -0.135. The van der Waals surface area contributed by atoms with Crippen LogP contribution in [0.15, 0.2) is 66.9 Å². The molecule has 0 bridgehead atoms. The van der Waals surface area contributed by atoms with Crippen molar-refractivity contribution in [2.75, 3.05) is 12.4 Å². The standard InChI is InChI=1S/C20H17N3O4/c1-27-19(25)9-8-18(24)22-14-5-2-4-13(12-14)15-6-3-7-17-16(15)10-11-23(17)20(21)26/h2-12H,1H3,(H2,21,26)(H,22,24)/b9-8+. The monoisotopic (exact) mass is 363 g/mol. The second-order valence-corrected chi connectivity index (χ2v) is 5.69. The van der Waals surface area contributed by atoms with Crippen LogP contribution in [0.25, 0.3) is 22.0 Å². The summed E-state index contributed by atoms with van der Waals surface area (Å²) in [6.07, 6.45) is 3.78. The molecule has 0 unspecified atom stereocenters. The number of nitrogens with zero attached hydrogens (tertiary/aromatic N) is 1. The molecule has 3 rings (SSSR count). The largest absolute Gasteiger partial charge is 0.466 e. The third-order valence-corrected chi connectivity index (χ3v) is 3.98. The zero-order chi connectivity index (χ0) is 19.4. The molecule has 0 fully saturated rings. The summed E-state index contributed by atoms with van der Waals surface area (Å²) >= 11 is 0. The molecule has 0 spiro atoms. The molecule has 7 nitrogen and oxygen atoms in total. The molecular weight excluding hydrogens is 346 g/mol. The number of rotatable bonds is 4. The number of amides is 2. The quantitative estimate of drug-likeness (QED) is 0.549. The lowest BCUT2D eigenvalue weighted by Gasteiger charge is -2.08. The minimum atomic E-state index is -0.607. The van der Waals surface area contributed by atoms with Crippen LogP contribution in [-0.4, -0.2) is 29.6 Å². The molecule has 136 valence electrons. The molecule has 2 aromatic carbocycles. The fourth-order valence-corrected chi connectivity index (χ4v) is 2.77. The normalized spacial score (nSPS) is 10.9. The van der Waals surface area contributed by atoms with Crippen molar-refractivity contribution in [2.45, 2.75) is 0 Å². The van der Waals surface area contributed by atoms with Crippen molar-refractivity contribution in [1.82, 2.24) is 4.57 Å². The van der Waals surface area contributed by atoms with E-state index < -0.39 is 17.9 Å². The number of carbonyl (C=O) groups excluding carboxylic acids is 3. The van der Waals surface area contributed by atoms with Gasteiger partial charge in [-0.1, -0.05) is 24.3 Å². The molecule has 3 aromatic rings. The Morgan fingerprint density at radius 1 is 1.07 bits per heavy atom. The molecule has 0 saturated heterocycles. The molecule has 27 heavy (non-hydrogen) atoms. The first kappa shape index (κ1) is 17.9. The molecule has 0 aliphatic rings. The van der Waals surface area contributed by atoms with E-state index in [1.807, 2.05) is 30.3 Å². The Balaban J connectivity index is 1.91. The topological polar surface area (TPSA) is 103 Å². The predicted molar refractivity (Wildman–Crippen MR) is 102 cm³/mol. The van der Waals surface area contributed by atoms with Crippen LogP contribution in [-0.2, 0) is 14.3 Å². The van der Waals surface area contributed by atoms with E-state index >= 15 is 0 Å². The third-order valence-electron chi connectivity index (χ3n) is 3.98. The summed E-state index contributed by atoms with van der Waals surface area (Å²) in [7, 11) is 1.24. The van der Waals surface area contributed by atoms with Crippen LogP contribution in [0.1, 0.15) is 0 Å². The van der Waals surface area contributed by atoms with Gasteiger partial charge in [-0.3, -0.25) is 9.36 Å². The lowest BCUT2D eigenvalue weighted by atomic mass is 10.0. The molecule has 0 saturated carbocycles. The average molecular weight is 363 g/mol. The summed E-state index contributed by atoms with van der Waals surface area (Å²) in [6, 6.07) is 14.1. The van der Waals surface area contributed by atoms with Crippen LogP contribution < -0.4 is 11.1 Å². The van der Waals surface area contributed by atoms with E-state index in [0.29, 0.717) is 11.2 Å². The number of ether oxygens (including phenoxy) is 1. The van der Waals surface area contributed by atoms with Gasteiger partial charge in [0.1, 0.15) is 0 Å². The van der Waals surface area contributed by atoms with Crippen molar-refractivity contribution in [2.24, 2.45) is 5.73 Å². The fraction of sp³-hybridized carbons (Fsp3) is 0.0500. The van der Waals surface area contributed by atoms with Crippen LogP contribution in [0.4, 0.5) is 10.5 Å². The van der Waals surface area contributed by atoms with Crippen molar-refractivity contribution in [3.63, 3.8) is 0 Å². The van der Waals surface area contributed by atoms with E-state index in [0.717, 1.165) is 28.7 Å². The maximum atomic E-state index is 11.9. The molecule has 2 amide bonds. The van der Waals surface area contributed by atoms with Gasteiger partial charge in [-0.05, 0) is 35.4 Å². The van der Waals surface area contributed by atoms with Crippen LogP contribution in [0.2, 0.25) is 0 Å². The number of aromatic nitrogens is 1. The number of carbonyl (C=O) groups is 3. The highest BCUT2D eigenvalue weighted by Gasteiger charge is 2.10. The van der Waals surface area contributed by atoms with Gasteiger partial charge < -0.3 is 15.8 Å². The first-order valence-electron chi connectivity index (χ1n) is 8.07. The number of benzene rings is 2. The molecular formula is C20H17N3O4. The van der Waals surface area contributed by atoms with Gasteiger partial charge >= 0.3 is 12.0 Å². The van der Waals surface area contributed by atoms with E-state index in [-0.39, 0.29) is 0 Å². The van der Waals surface area contributed by atoms with Crippen molar-refractivity contribution in [3.05, 3.63) is 66.9 Å². The number of primary amides is 1. The molecule has 3 N–H and O–H groups in total. The Labute approximate surface area is 155 Å². The smallest absolute Gasteiger partial charge is 0.330 e. The zero-order valence-corrected chi connectivity index (χ0v) is 14.5. The van der Waals surface area contributed by atoms with Crippen LogP contribution in [0.3, 0.4) is 0 Å². The Hall–Kier alpha value is -3.87. The number of fused-ring (bicyclic) bond motifs is 1. The molecule has 7 heteroatoms. The van der Waals surface area contributed by atoms with Gasteiger partial charge in [0.25, 0.3) is 0 Å². The molecule has 0 aliphatic heterocycles. The molecule has 0 aliphatic carbocycles. The van der Waals surface area contributed by atoms with E-state index in [2.05, 4.69) is 10.1 Å². The summed E-state index contributed by atoms with van der Waals surface area (Å²) in [4.78, 5) is 34.5. The van der Waals surface area contributed by atoms with E-state index in [4.69, 9.17) is 5.73 Å². The highest BCUT2D eigenvalue weighted by Crippen LogP contribution is 2.30. The molecule has 0 atom stereocenters. The number of esters is 1. The summed E-state index contributed by atoms with van der Waals surface area (Å²) in [5.74, 6) is -1.06. The maximum Gasteiger partial charge on any atom is 0.330 e. The van der Waals surface area contributed by atoms with Gasteiger partial charge in [0, 0.05) is 29.4 Å². The van der Waals surface area contributed by atoms with Crippen LogP contribution in [0, 0.1) is 0 Å². The number of hydrogen-bond donors (Lipinski definition) is 2. The van der Waals surface area contributed by atoms with Gasteiger partial charge in [0.2, 0.25) is 5.91 Å². The lowest BCUT2D eigenvalue weighted by Crippen LogP contribution is -2.17. The van der Waals surface area contributed by atoms with Crippen molar-refractivity contribution in [3.8, 4) is 11.1 Å². The second kappa shape index (κ2) is 7.57. The fourth-order valence-electron chi connectivity index (χ4n) is 2.77. The number of nitrogens with one attached hydrogen (secondary N) is 1. The maximum absolute atomic E-state index is 11.9. The number of nitrogens with two attached hydrogens (primary N) is 1. The summed E-state index contributed by atoms with van der Waals surface area (Å²) in [6.45, 7) is 0. The first-order valence-corrected chi connectivity index (χ1v) is 8.07. The molecule has 1 heterocycles. The Kier molecular flexibility index (Phi) is 5.03. The highest BCUT2D eigenvalue weighted by molar-refractivity contribution is 6.04. The van der Waals surface area contributed by atoms with Crippen LogP contribution >= 0.6 is 0 Å². The van der Waals surface area contributed by atoms with E-state index in [1.54, 1.807) is 24.4 Å². The van der Waals surface area contributed by atoms with Gasteiger partial charge in [-0.15, -0.1) is 0 Å². The minimum absolute atomic E-state index is 0.448. The SMILES string of the molecule is COC(=O)/C=C/C(=O)Nc1cccc(-c2cccc3c2ccn3C(N)=O)c1. The summed E-state index contributed by atoms with van der Waals surface area (Å²) in [5.41, 5.74) is 8.42. The average Bonchev–Trinajstić information content (AvgIpc) is 3.10. The highest BCUT2D eigenvalue weighted by atomic mass is 16.5. The zero-order valence-electron chi connectivity index (χ0n) is 14.5. The molecule has 1 aromatic heterocycles. The Morgan fingerprint density at radius 3 is 2.59 bits per heavy atom. The van der Waals surface area contributed by atoms with Crippen LogP contribution in [0.5, 0.6) is 0 Å². The van der Waals surface area contributed by atoms with Crippen molar-refractivity contribution in [1.29, 1.82) is 0 Å². The Bertz CT molecular complexity index is 1070. The number of hydrogen-bond acceptors (Lipinski definition) is 4. The summed E-state index contributed by atoms with van der Waals surface area (Å²) in [5, 5.41) is 3.56. The predicted octanol–water partition coefficient (Wildman–Crippen LogP) is 2.90. The van der Waals surface area contributed by atoms with E-state index in [1.165, 1.54) is 11.7 Å².